The van der Waals surface area contributed by atoms with E-state index in [4.69, 9.17) is 4.42 Å². The second-order valence-electron chi connectivity index (χ2n) is 6.14. The van der Waals surface area contributed by atoms with Gasteiger partial charge in [-0.05, 0) is 43.5 Å². The molecule has 0 aliphatic carbocycles. The highest BCUT2D eigenvalue weighted by molar-refractivity contribution is 5.77. The average Bonchev–Trinajstić information content (AvgIpc) is 3.11. The molecule has 2 aromatic rings. The monoisotopic (exact) mass is 256 g/mol. The number of likely N-dealkylation sites (tertiary alicyclic amines) is 1. The lowest BCUT2D eigenvalue weighted by molar-refractivity contribution is 0.254. The molecule has 3 nitrogen and oxygen atoms in total. The first kappa shape index (κ1) is 11.5. The van der Waals surface area contributed by atoms with Crippen LogP contribution in [0.5, 0.6) is 0 Å². The SMILES string of the molecule is c1ccc2oc(CN3CCC4(CCNC4)C3)cc2c1. The van der Waals surface area contributed by atoms with Gasteiger partial charge < -0.3 is 9.73 Å². The van der Waals surface area contributed by atoms with E-state index < -0.39 is 0 Å². The predicted molar refractivity (Wildman–Crippen MR) is 76.0 cm³/mol. The van der Waals surface area contributed by atoms with Crippen LogP contribution in [-0.2, 0) is 6.54 Å². The van der Waals surface area contributed by atoms with Gasteiger partial charge in [-0.3, -0.25) is 4.90 Å². The maximum absolute atomic E-state index is 5.92. The zero-order valence-electron chi connectivity index (χ0n) is 11.2. The molecule has 19 heavy (non-hydrogen) atoms. The molecule has 1 spiro atoms. The minimum absolute atomic E-state index is 0.548. The van der Waals surface area contributed by atoms with Gasteiger partial charge in [0.1, 0.15) is 11.3 Å². The van der Waals surface area contributed by atoms with Crippen molar-refractivity contribution in [2.45, 2.75) is 19.4 Å². The summed E-state index contributed by atoms with van der Waals surface area (Å²) in [5.41, 5.74) is 1.56. The fourth-order valence-electron chi connectivity index (χ4n) is 3.64. The van der Waals surface area contributed by atoms with Crippen molar-refractivity contribution in [3.8, 4) is 0 Å². The number of nitrogens with zero attached hydrogens (tertiary/aromatic N) is 1. The van der Waals surface area contributed by atoms with Gasteiger partial charge in [0.25, 0.3) is 0 Å². The number of hydrogen-bond donors (Lipinski definition) is 1. The van der Waals surface area contributed by atoms with Gasteiger partial charge in [-0.15, -0.1) is 0 Å². The van der Waals surface area contributed by atoms with Crippen molar-refractivity contribution >= 4 is 11.0 Å². The van der Waals surface area contributed by atoms with Crippen LogP contribution in [0, 0.1) is 5.41 Å². The van der Waals surface area contributed by atoms with Crippen LogP contribution in [0.1, 0.15) is 18.6 Å². The first-order chi connectivity index (χ1) is 9.33. The van der Waals surface area contributed by atoms with Crippen LogP contribution >= 0.6 is 0 Å². The minimum Gasteiger partial charge on any atom is -0.460 e. The molecule has 0 bridgehead atoms. The van der Waals surface area contributed by atoms with Gasteiger partial charge in [-0.1, -0.05) is 18.2 Å². The van der Waals surface area contributed by atoms with Crippen LogP contribution < -0.4 is 5.32 Å². The largest absolute Gasteiger partial charge is 0.460 e. The summed E-state index contributed by atoms with van der Waals surface area (Å²) in [4.78, 5) is 2.55. The number of fused-ring (bicyclic) bond motifs is 1. The first-order valence-corrected chi connectivity index (χ1v) is 7.24. The normalized spacial score (nSPS) is 27.8. The fourth-order valence-corrected chi connectivity index (χ4v) is 3.64. The Morgan fingerprint density at radius 1 is 1.26 bits per heavy atom. The third-order valence-corrected chi connectivity index (χ3v) is 4.71. The smallest absolute Gasteiger partial charge is 0.134 e. The lowest BCUT2D eigenvalue weighted by atomic mass is 9.87. The summed E-state index contributed by atoms with van der Waals surface area (Å²) in [6.07, 6.45) is 2.67. The molecule has 3 heterocycles. The van der Waals surface area contributed by atoms with Gasteiger partial charge in [0.2, 0.25) is 0 Å². The van der Waals surface area contributed by atoms with E-state index in [1.54, 1.807) is 0 Å². The molecule has 1 atom stereocenters. The summed E-state index contributed by atoms with van der Waals surface area (Å²) in [5.74, 6) is 1.10. The van der Waals surface area contributed by atoms with Crippen molar-refractivity contribution < 1.29 is 4.42 Å². The molecule has 0 saturated carbocycles. The molecule has 1 aromatic heterocycles. The molecule has 4 rings (SSSR count). The van der Waals surface area contributed by atoms with E-state index in [-0.39, 0.29) is 0 Å². The first-order valence-electron chi connectivity index (χ1n) is 7.24. The van der Waals surface area contributed by atoms with E-state index in [0.29, 0.717) is 5.41 Å². The molecule has 0 amide bonds. The number of hydrogen-bond acceptors (Lipinski definition) is 3. The summed E-state index contributed by atoms with van der Waals surface area (Å²) < 4.78 is 5.92. The van der Waals surface area contributed by atoms with E-state index in [1.165, 1.54) is 44.4 Å². The van der Waals surface area contributed by atoms with Gasteiger partial charge in [0.05, 0.1) is 6.54 Å². The molecule has 1 aromatic carbocycles. The third-order valence-electron chi connectivity index (χ3n) is 4.71. The van der Waals surface area contributed by atoms with Gasteiger partial charge in [-0.2, -0.15) is 0 Å². The lowest BCUT2D eigenvalue weighted by Crippen LogP contribution is -2.28. The molecule has 1 N–H and O–H groups in total. The molecule has 100 valence electrons. The third kappa shape index (κ3) is 2.07. The summed E-state index contributed by atoms with van der Waals surface area (Å²) in [5, 5.41) is 4.73. The van der Waals surface area contributed by atoms with Crippen molar-refractivity contribution in [2.24, 2.45) is 5.41 Å². The molecule has 1 unspecified atom stereocenters. The Kier molecular flexibility index (Phi) is 2.64. The molecule has 2 saturated heterocycles. The van der Waals surface area contributed by atoms with Gasteiger partial charge in [0.15, 0.2) is 0 Å². The number of benzene rings is 1. The van der Waals surface area contributed by atoms with Crippen molar-refractivity contribution in [2.75, 3.05) is 26.2 Å². The van der Waals surface area contributed by atoms with E-state index in [9.17, 15) is 0 Å². The maximum atomic E-state index is 5.92. The molecule has 2 aliphatic rings. The van der Waals surface area contributed by atoms with Crippen molar-refractivity contribution in [3.05, 3.63) is 36.1 Å². The summed E-state index contributed by atoms with van der Waals surface area (Å²) in [6.45, 7) is 5.77. The molecule has 0 radical (unpaired) electrons. The Morgan fingerprint density at radius 2 is 2.21 bits per heavy atom. The fraction of sp³-hybridized carbons (Fsp3) is 0.500. The molecular formula is C16H20N2O. The predicted octanol–water partition coefficient (Wildman–Crippen LogP) is 2.62. The summed E-state index contributed by atoms with van der Waals surface area (Å²) in [6, 6.07) is 10.5. The quantitative estimate of drug-likeness (QED) is 0.895. The summed E-state index contributed by atoms with van der Waals surface area (Å²) in [7, 11) is 0. The molecular weight excluding hydrogens is 236 g/mol. The Hall–Kier alpha value is -1.32. The number of furan rings is 1. The Bertz CT molecular complexity index is 550. The molecule has 3 heteroatoms. The zero-order valence-corrected chi connectivity index (χ0v) is 11.2. The maximum Gasteiger partial charge on any atom is 0.134 e. The van der Waals surface area contributed by atoms with Crippen molar-refractivity contribution in [1.29, 1.82) is 0 Å². The molecule has 2 aliphatic heterocycles. The highest BCUT2D eigenvalue weighted by Gasteiger charge is 2.40. The highest BCUT2D eigenvalue weighted by Crippen LogP contribution is 2.36. The second kappa shape index (κ2) is 4.36. The van der Waals surface area contributed by atoms with Gasteiger partial charge in [0, 0.05) is 18.5 Å². The van der Waals surface area contributed by atoms with Crippen LogP contribution in [0.2, 0.25) is 0 Å². The zero-order chi connectivity index (χ0) is 12.7. The standard InChI is InChI=1S/C16H20N2O/c1-2-4-15-13(3-1)9-14(19-15)10-18-8-6-16(12-18)5-7-17-11-16/h1-4,9,17H,5-8,10-12H2. The van der Waals surface area contributed by atoms with Crippen molar-refractivity contribution in [3.63, 3.8) is 0 Å². The molecule has 2 fully saturated rings. The van der Waals surface area contributed by atoms with Crippen LogP contribution in [0.25, 0.3) is 11.0 Å². The summed E-state index contributed by atoms with van der Waals surface area (Å²) >= 11 is 0. The van der Waals surface area contributed by atoms with Gasteiger partial charge >= 0.3 is 0 Å². The second-order valence-corrected chi connectivity index (χ2v) is 6.14. The number of para-hydroxylation sites is 1. The van der Waals surface area contributed by atoms with Crippen molar-refractivity contribution in [1.82, 2.24) is 10.2 Å². The van der Waals surface area contributed by atoms with Crippen LogP contribution in [0.3, 0.4) is 0 Å². The minimum atomic E-state index is 0.548. The van der Waals surface area contributed by atoms with E-state index in [1.807, 2.05) is 12.1 Å². The number of nitrogens with one attached hydrogen (secondary N) is 1. The van der Waals surface area contributed by atoms with E-state index >= 15 is 0 Å². The Labute approximate surface area is 113 Å². The van der Waals surface area contributed by atoms with Gasteiger partial charge in [-0.25, -0.2) is 0 Å². The Balaban J connectivity index is 1.49. The van der Waals surface area contributed by atoms with Crippen LogP contribution in [-0.4, -0.2) is 31.1 Å². The van der Waals surface area contributed by atoms with Crippen LogP contribution in [0.15, 0.2) is 34.7 Å². The number of rotatable bonds is 2. The Morgan fingerprint density at radius 3 is 3.05 bits per heavy atom. The van der Waals surface area contributed by atoms with E-state index in [0.717, 1.165) is 17.9 Å². The highest BCUT2D eigenvalue weighted by atomic mass is 16.3. The average molecular weight is 256 g/mol. The van der Waals surface area contributed by atoms with E-state index in [2.05, 4.69) is 28.4 Å². The van der Waals surface area contributed by atoms with Crippen LogP contribution in [0.4, 0.5) is 0 Å². The lowest BCUT2D eigenvalue weighted by Gasteiger charge is -2.22. The topological polar surface area (TPSA) is 28.4 Å².